The third-order valence-electron chi connectivity index (χ3n) is 16.0. The molecule has 0 bridgehead atoms. The van der Waals surface area contributed by atoms with Crippen LogP contribution in [0.1, 0.15) is 82.0 Å². The van der Waals surface area contributed by atoms with E-state index in [1.165, 1.54) is 0 Å². The Kier molecular flexibility index (Phi) is 16.7. The normalized spacial score (nSPS) is 16.3. The lowest BCUT2D eigenvalue weighted by Crippen LogP contribution is -2.46. The Morgan fingerprint density at radius 2 is 0.869 bits per heavy atom. The van der Waals surface area contributed by atoms with Crippen LogP contribution in [0.25, 0.3) is 11.2 Å². The lowest BCUT2D eigenvalue weighted by Gasteiger charge is -2.40. The highest BCUT2D eigenvalue weighted by molar-refractivity contribution is 5.84. The summed E-state index contributed by atoms with van der Waals surface area (Å²) in [4.78, 5) is 27.0. The van der Waals surface area contributed by atoms with Gasteiger partial charge in [-0.2, -0.15) is 0 Å². The molecule has 0 amide bonds. The third-order valence-corrected chi connectivity index (χ3v) is 16.0. The first-order valence-corrected chi connectivity index (χ1v) is 28.7. The smallest absolute Gasteiger partial charge is 0.303 e. The number of ether oxygens (including phenoxy) is 4. The fraction of sp³-hybridized carbons (Fsp3) is 0.178. The summed E-state index contributed by atoms with van der Waals surface area (Å²) >= 11 is 0. The van der Waals surface area contributed by atoms with E-state index in [-0.39, 0.29) is 19.6 Å². The molecule has 1 aliphatic heterocycles. The molecule has 11 aromatic rings. The first kappa shape index (κ1) is 55.2. The Labute approximate surface area is 490 Å². The van der Waals surface area contributed by atoms with E-state index in [4.69, 9.17) is 33.9 Å². The van der Waals surface area contributed by atoms with Crippen molar-refractivity contribution in [1.29, 1.82) is 0 Å². The van der Waals surface area contributed by atoms with E-state index in [0.29, 0.717) is 36.2 Å². The summed E-state index contributed by atoms with van der Waals surface area (Å²) in [7, 11) is 0. The zero-order valence-electron chi connectivity index (χ0n) is 46.5. The van der Waals surface area contributed by atoms with E-state index in [2.05, 4.69) is 151 Å². The number of anilines is 1. The van der Waals surface area contributed by atoms with Gasteiger partial charge in [-0.05, 0) is 62.9 Å². The highest BCUT2D eigenvalue weighted by atomic mass is 16.6. The molecule has 0 spiro atoms. The molecule has 1 fully saturated rings. The van der Waals surface area contributed by atoms with Crippen LogP contribution in [0, 0.1) is 0 Å². The largest absolute Gasteiger partial charge is 0.481 e. The van der Waals surface area contributed by atoms with E-state index >= 15 is 0 Å². The van der Waals surface area contributed by atoms with Crippen LogP contribution in [-0.4, -0.2) is 62.1 Å². The fourth-order valence-electron chi connectivity index (χ4n) is 12.2. The highest BCUT2D eigenvalue weighted by Crippen LogP contribution is 2.49. The molecular weight excluding hydrogens is 1040 g/mol. The number of unbranched alkanes of at least 4 members (excludes halogenated alkanes) is 2. The number of hydrogen-bond acceptors (Lipinski definition) is 9. The zero-order valence-corrected chi connectivity index (χ0v) is 46.5. The van der Waals surface area contributed by atoms with Crippen molar-refractivity contribution in [3.05, 3.63) is 336 Å². The summed E-state index contributed by atoms with van der Waals surface area (Å²) < 4.78 is 32.7. The number of aromatic nitrogens is 4. The summed E-state index contributed by atoms with van der Waals surface area (Å²) in [6.45, 7) is 0.324. The molecule has 9 aromatic carbocycles. The lowest BCUT2D eigenvalue weighted by atomic mass is 9.77. The number of aliphatic carboxylic acids is 1. The van der Waals surface area contributed by atoms with Crippen molar-refractivity contribution in [2.24, 2.45) is 0 Å². The van der Waals surface area contributed by atoms with Crippen LogP contribution in [0.5, 0.6) is 0 Å². The van der Waals surface area contributed by atoms with E-state index in [9.17, 15) is 9.90 Å². The number of nitrogens with zero attached hydrogens (tertiary/aromatic N) is 4. The molecule has 1 saturated heterocycles. The number of carboxylic acids is 1. The molecule has 0 aliphatic carbocycles. The molecule has 0 saturated carbocycles. The van der Waals surface area contributed by atoms with Gasteiger partial charge in [0.25, 0.3) is 0 Å². The van der Waals surface area contributed by atoms with Crippen LogP contribution in [0.3, 0.4) is 0 Å². The molecule has 4 atom stereocenters. The van der Waals surface area contributed by atoms with E-state index < -0.39 is 47.3 Å². The molecule has 1 aliphatic rings. The van der Waals surface area contributed by atoms with Crippen molar-refractivity contribution in [3.63, 3.8) is 0 Å². The first-order chi connectivity index (χ1) is 41.5. The number of imidazole rings is 1. The van der Waals surface area contributed by atoms with Crippen molar-refractivity contribution < 1.29 is 28.8 Å². The van der Waals surface area contributed by atoms with Gasteiger partial charge in [-0.25, -0.2) is 15.0 Å². The van der Waals surface area contributed by atoms with Gasteiger partial charge in [0.1, 0.15) is 41.4 Å². The molecule has 418 valence electrons. The lowest BCUT2D eigenvalue weighted by molar-refractivity contribution is -0.137. The van der Waals surface area contributed by atoms with E-state index in [1.807, 2.05) is 132 Å². The number of fused-ring (bicyclic) bond motifs is 1. The van der Waals surface area contributed by atoms with Gasteiger partial charge >= 0.3 is 5.97 Å². The Hall–Kier alpha value is -9.36. The summed E-state index contributed by atoms with van der Waals surface area (Å²) in [5.41, 5.74) is 6.24. The van der Waals surface area contributed by atoms with Crippen molar-refractivity contribution in [1.82, 2.24) is 19.5 Å². The number of carbonyl (C=O) groups is 1. The SMILES string of the molecule is O=C(O)CCCCCO[C@H]1[C@@H](OC(c2ccccc2)(c2ccccc2)c2ccccc2)[C@H](n2cnc3c(NC(c4ccccc4)(c4ccccc4)c4ccccc4)ncnc32)O[C@@H]1COC(c1ccccc1)(c1ccccc1)c1ccccc1. The molecule has 0 radical (unpaired) electrons. The van der Waals surface area contributed by atoms with E-state index in [0.717, 1.165) is 50.1 Å². The van der Waals surface area contributed by atoms with Crippen LogP contribution in [0.4, 0.5) is 5.82 Å². The second kappa shape index (κ2) is 25.4. The second-order valence-electron chi connectivity index (χ2n) is 21.1. The first-order valence-electron chi connectivity index (χ1n) is 28.7. The van der Waals surface area contributed by atoms with Gasteiger partial charge < -0.3 is 29.4 Å². The molecule has 2 N–H and O–H groups in total. The molecule has 2 aromatic heterocycles. The summed E-state index contributed by atoms with van der Waals surface area (Å²) in [6.07, 6.45) is 1.73. The molecule has 11 heteroatoms. The number of carboxylic acid groups (broad SMARTS) is 1. The van der Waals surface area contributed by atoms with Crippen LogP contribution in [-0.2, 0) is 40.5 Å². The maximum absolute atomic E-state index is 11.7. The van der Waals surface area contributed by atoms with Crippen molar-refractivity contribution in [2.75, 3.05) is 18.5 Å². The van der Waals surface area contributed by atoms with Gasteiger partial charge in [-0.15, -0.1) is 0 Å². The average Bonchev–Trinajstić information content (AvgIpc) is 1.96. The van der Waals surface area contributed by atoms with Crippen molar-refractivity contribution in [2.45, 2.75) is 67.0 Å². The average molecular weight is 1110 g/mol. The second-order valence-corrected chi connectivity index (χ2v) is 21.1. The Balaban J connectivity index is 1.04. The summed E-state index contributed by atoms with van der Waals surface area (Å²) in [5, 5.41) is 13.6. The maximum atomic E-state index is 11.7. The van der Waals surface area contributed by atoms with Crippen molar-refractivity contribution in [3.8, 4) is 0 Å². The highest BCUT2D eigenvalue weighted by Gasteiger charge is 2.54. The molecule has 12 rings (SSSR count). The van der Waals surface area contributed by atoms with Crippen LogP contribution >= 0.6 is 0 Å². The minimum atomic E-state index is -1.24. The number of benzene rings is 9. The zero-order chi connectivity index (χ0) is 57.0. The standard InChI is InChI=1S/C73H65N5O6/c79-64(80)49-29-10-30-50-81-66-63(51-82-72(57-37-17-4-18-38-57,58-39-19-5-20-40-58)59-41-21-6-22-42-59)83-70(67(66)84-73(60-43-23-7-24-44-60,61-45-25-8-26-46-61)62-47-27-9-28-48-62)78-53-76-65-68(74-52-75-69(65)78)77-71(54-31-11-1-12-32-54,55-33-13-2-14-34-55)56-35-15-3-16-36-56/h1-9,11-28,31-48,52-53,63,66-67,70H,10,29-30,49-51H2,(H,79,80)(H,74,75,77)/t63-,66-,67-,70-/m1/s1. The number of hydrogen-bond donors (Lipinski definition) is 2. The number of nitrogens with one attached hydrogen (secondary N) is 1. The molecule has 84 heavy (non-hydrogen) atoms. The Bertz CT molecular complexity index is 3540. The van der Waals surface area contributed by atoms with Gasteiger partial charge in [0.15, 0.2) is 23.2 Å². The molecular formula is C73H65N5O6. The van der Waals surface area contributed by atoms with Crippen molar-refractivity contribution >= 4 is 23.0 Å². The Morgan fingerprint density at radius 3 is 1.27 bits per heavy atom. The number of rotatable bonds is 24. The predicted octanol–water partition coefficient (Wildman–Crippen LogP) is 14.5. The third kappa shape index (κ3) is 10.9. The van der Waals surface area contributed by atoms with Gasteiger partial charge in [-0.3, -0.25) is 9.36 Å². The van der Waals surface area contributed by atoms with Gasteiger partial charge in [0.2, 0.25) is 0 Å². The summed E-state index contributed by atoms with van der Waals surface area (Å²) in [6, 6.07) is 93.0. The predicted molar refractivity (Wildman–Crippen MR) is 327 cm³/mol. The maximum Gasteiger partial charge on any atom is 0.303 e. The topological polar surface area (TPSA) is 130 Å². The monoisotopic (exact) mass is 1110 g/mol. The van der Waals surface area contributed by atoms with Gasteiger partial charge in [0, 0.05) is 13.0 Å². The molecule has 3 heterocycles. The van der Waals surface area contributed by atoms with Gasteiger partial charge in [0.05, 0.1) is 12.9 Å². The fourth-order valence-corrected chi connectivity index (χ4v) is 12.2. The minimum absolute atomic E-state index is 0.0376. The van der Waals surface area contributed by atoms with Crippen LogP contribution in [0.2, 0.25) is 0 Å². The minimum Gasteiger partial charge on any atom is -0.481 e. The quantitative estimate of drug-likeness (QED) is 0.0446. The Morgan fingerprint density at radius 1 is 0.476 bits per heavy atom. The molecule has 0 unspecified atom stereocenters. The van der Waals surface area contributed by atoms with Crippen LogP contribution in [0.15, 0.2) is 286 Å². The molecule has 11 nitrogen and oxygen atoms in total. The van der Waals surface area contributed by atoms with Gasteiger partial charge in [-0.1, -0.05) is 279 Å². The van der Waals surface area contributed by atoms with Crippen LogP contribution < -0.4 is 5.32 Å². The summed E-state index contributed by atoms with van der Waals surface area (Å²) in [5.74, 6) is -0.322. The van der Waals surface area contributed by atoms with E-state index in [1.54, 1.807) is 12.7 Å².